The van der Waals surface area contributed by atoms with Crippen LogP contribution in [0.15, 0.2) is 23.4 Å². The number of tetrazole rings is 1. The third-order valence-corrected chi connectivity index (χ3v) is 4.12. The molecule has 22 heavy (non-hydrogen) atoms. The molecule has 1 aromatic carbocycles. The molecule has 0 saturated carbocycles. The first kappa shape index (κ1) is 16.2. The van der Waals surface area contributed by atoms with Gasteiger partial charge >= 0.3 is 5.97 Å². The van der Waals surface area contributed by atoms with E-state index in [1.54, 1.807) is 0 Å². The molecular weight excluding hydrogens is 336 g/mol. The van der Waals surface area contributed by atoms with Gasteiger partial charge < -0.3 is 9.84 Å². The number of rotatable bonds is 6. The zero-order chi connectivity index (χ0) is 16.3. The number of nitrogens with zero attached hydrogens (tertiary/aromatic N) is 4. The highest BCUT2D eigenvalue weighted by Gasteiger charge is 2.22. The molecule has 0 aliphatic carbocycles. The highest BCUT2D eigenvalue weighted by atomic mass is 35.5. The van der Waals surface area contributed by atoms with E-state index < -0.39 is 15.8 Å². The minimum Gasteiger partial charge on any atom is -0.489 e. The van der Waals surface area contributed by atoms with E-state index >= 15 is 0 Å². The number of benzene rings is 1. The van der Waals surface area contributed by atoms with Gasteiger partial charge in [0, 0.05) is 6.26 Å². The second-order valence-electron chi connectivity index (χ2n) is 4.21. The Balaban J connectivity index is 2.33. The first-order chi connectivity index (χ1) is 10.3. The highest BCUT2D eigenvalue weighted by Crippen LogP contribution is 2.35. The summed E-state index contributed by atoms with van der Waals surface area (Å²) in [6.45, 7) is 0.179. The van der Waals surface area contributed by atoms with Crippen LogP contribution in [0.2, 0.25) is 5.02 Å². The zero-order valence-electron chi connectivity index (χ0n) is 11.3. The fraction of sp³-hybridized carbons (Fsp3) is 0.273. The number of halogens is 1. The predicted molar refractivity (Wildman–Crippen MR) is 74.8 cm³/mol. The van der Waals surface area contributed by atoms with E-state index in [9.17, 15) is 13.2 Å². The first-order valence-corrected chi connectivity index (χ1v) is 8.17. The van der Waals surface area contributed by atoms with Crippen molar-refractivity contribution >= 4 is 27.4 Å². The molecule has 0 amide bonds. The summed E-state index contributed by atoms with van der Waals surface area (Å²) >= 11 is 5.95. The molecule has 0 spiro atoms. The van der Waals surface area contributed by atoms with Crippen molar-refractivity contribution in [3.8, 4) is 5.75 Å². The van der Waals surface area contributed by atoms with Crippen molar-refractivity contribution in [2.24, 2.45) is 0 Å². The molecule has 1 aromatic heterocycles. The van der Waals surface area contributed by atoms with Crippen molar-refractivity contribution in [2.45, 2.75) is 11.4 Å². The van der Waals surface area contributed by atoms with Gasteiger partial charge in [-0.3, -0.25) is 0 Å². The van der Waals surface area contributed by atoms with Gasteiger partial charge in [-0.15, -0.1) is 10.2 Å². The molecule has 118 valence electrons. The Morgan fingerprint density at radius 1 is 1.45 bits per heavy atom. The lowest BCUT2D eigenvalue weighted by Crippen LogP contribution is -2.13. The van der Waals surface area contributed by atoms with Gasteiger partial charge in [-0.05, 0) is 17.3 Å². The van der Waals surface area contributed by atoms with Crippen LogP contribution in [-0.4, -0.2) is 52.6 Å². The van der Waals surface area contributed by atoms with Crippen LogP contribution in [0.3, 0.4) is 0 Å². The smallest absolute Gasteiger partial charge is 0.337 e. The monoisotopic (exact) mass is 346 g/mol. The maximum atomic E-state index is 11.8. The Bertz CT molecular complexity index is 791. The summed E-state index contributed by atoms with van der Waals surface area (Å²) in [5.74, 6) is -1.49. The van der Waals surface area contributed by atoms with Crippen LogP contribution in [0, 0.1) is 0 Å². The third kappa shape index (κ3) is 3.52. The van der Waals surface area contributed by atoms with Crippen molar-refractivity contribution in [3.05, 3.63) is 29.0 Å². The molecular formula is C11H11ClN4O5S. The predicted octanol–water partition coefficient (Wildman–Crippen LogP) is 0.507. The molecule has 2 aromatic rings. The van der Waals surface area contributed by atoms with Crippen LogP contribution in [0.4, 0.5) is 0 Å². The molecule has 1 heterocycles. The molecule has 11 heteroatoms. The van der Waals surface area contributed by atoms with E-state index in [1.807, 2.05) is 0 Å². The Kier molecular flexibility index (Phi) is 4.62. The first-order valence-electron chi connectivity index (χ1n) is 5.90. The van der Waals surface area contributed by atoms with Gasteiger partial charge in [0.25, 0.3) is 0 Å². The number of sulfone groups is 1. The van der Waals surface area contributed by atoms with Crippen LogP contribution in [-0.2, 0) is 16.4 Å². The van der Waals surface area contributed by atoms with Crippen molar-refractivity contribution in [3.63, 3.8) is 0 Å². The lowest BCUT2D eigenvalue weighted by atomic mass is 10.2. The summed E-state index contributed by atoms with van der Waals surface area (Å²) in [7, 11) is -3.64. The lowest BCUT2D eigenvalue weighted by Gasteiger charge is -2.13. The quantitative estimate of drug-likeness (QED) is 0.802. The fourth-order valence-electron chi connectivity index (χ4n) is 1.65. The van der Waals surface area contributed by atoms with E-state index in [2.05, 4.69) is 15.4 Å². The molecule has 1 N–H and O–H groups in total. The molecule has 2 rings (SSSR count). The van der Waals surface area contributed by atoms with E-state index in [-0.39, 0.29) is 34.4 Å². The summed E-state index contributed by atoms with van der Waals surface area (Å²) in [5, 5.41) is 19.6. The van der Waals surface area contributed by atoms with Gasteiger partial charge in [-0.25, -0.2) is 13.2 Å². The molecule has 0 atom stereocenters. The van der Waals surface area contributed by atoms with E-state index in [4.69, 9.17) is 21.4 Å². The van der Waals surface area contributed by atoms with Crippen molar-refractivity contribution in [1.82, 2.24) is 20.2 Å². The van der Waals surface area contributed by atoms with Crippen LogP contribution in [0.5, 0.6) is 5.75 Å². The maximum absolute atomic E-state index is 11.8. The number of carboxylic acids is 1. The summed E-state index contributed by atoms with van der Waals surface area (Å²) < 4.78 is 28.9. The normalized spacial score (nSPS) is 11.4. The third-order valence-electron chi connectivity index (χ3n) is 2.62. The summed E-state index contributed by atoms with van der Waals surface area (Å²) in [6.07, 6.45) is 2.21. The van der Waals surface area contributed by atoms with Crippen molar-refractivity contribution in [2.75, 3.05) is 12.9 Å². The molecule has 0 aliphatic heterocycles. The van der Waals surface area contributed by atoms with Crippen LogP contribution in [0.1, 0.15) is 10.4 Å². The van der Waals surface area contributed by atoms with Gasteiger partial charge in [-0.2, -0.15) is 4.80 Å². The number of aromatic carboxylic acids is 1. The Morgan fingerprint density at radius 2 is 2.18 bits per heavy atom. The van der Waals surface area contributed by atoms with Gasteiger partial charge in [0.05, 0.1) is 17.1 Å². The SMILES string of the molecule is CS(=O)(=O)c1ccc(C(=O)O)c(Cl)c1OCCn1ncnn1. The number of hydrogen-bond donors (Lipinski definition) is 1. The summed E-state index contributed by atoms with van der Waals surface area (Å²) in [6, 6.07) is 2.26. The number of ether oxygens (including phenoxy) is 1. The van der Waals surface area contributed by atoms with Gasteiger partial charge in [0.1, 0.15) is 11.5 Å². The van der Waals surface area contributed by atoms with Crippen molar-refractivity contribution < 1.29 is 23.1 Å². The number of hydrogen-bond acceptors (Lipinski definition) is 7. The fourth-order valence-corrected chi connectivity index (χ4v) is 2.82. The highest BCUT2D eigenvalue weighted by molar-refractivity contribution is 7.90. The standard InChI is InChI=1S/C11H11ClN4O5S/c1-22(19,20)8-3-2-7(11(17)18)9(12)10(8)21-5-4-16-14-6-13-15-16/h2-3,6H,4-5H2,1H3,(H,17,18). The van der Waals surface area contributed by atoms with Gasteiger partial charge in [0.15, 0.2) is 21.9 Å². The average molecular weight is 347 g/mol. The number of aromatic nitrogens is 4. The lowest BCUT2D eigenvalue weighted by molar-refractivity contribution is 0.0696. The molecule has 0 saturated heterocycles. The maximum Gasteiger partial charge on any atom is 0.337 e. The second kappa shape index (κ2) is 6.28. The molecule has 0 fully saturated rings. The largest absolute Gasteiger partial charge is 0.489 e. The Labute approximate surface area is 130 Å². The van der Waals surface area contributed by atoms with E-state index in [1.165, 1.54) is 11.1 Å². The molecule has 0 bridgehead atoms. The van der Waals surface area contributed by atoms with Gasteiger partial charge in [0.2, 0.25) is 0 Å². The number of carboxylic acid groups (broad SMARTS) is 1. The Morgan fingerprint density at radius 3 is 2.73 bits per heavy atom. The van der Waals surface area contributed by atoms with E-state index in [0.29, 0.717) is 0 Å². The number of carbonyl (C=O) groups is 1. The van der Waals surface area contributed by atoms with Gasteiger partial charge in [-0.1, -0.05) is 11.6 Å². The summed E-state index contributed by atoms with van der Waals surface area (Å²) in [4.78, 5) is 12.1. The second-order valence-corrected chi connectivity index (χ2v) is 6.57. The minimum absolute atomic E-state index is 0.0122. The van der Waals surface area contributed by atoms with Crippen molar-refractivity contribution in [1.29, 1.82) is 0 Å². The van der Waals surface area contributed by atoms with Crippen LogP contribution < -0.4 is 4.74 Å². The van der Waals surface area contributed by atoms with Crippen LogP contribution in [0.25, 0.3) is 0 Å². The Hall–Kier alpha value is -2.20. The molecule has 0 radical (unpaired) electrons. The molecule has 0 aliphatic rings. The topological polar surface area (TPSA) is 124 Å². The van der Waals surface area contributed by atoms with E-state index in [0.717, 1.165) is 18.4 Å². The average Bonchev–Trinajstić information content (AvgIpc) is 2.91. The molecule has 9 nitrogen and oxygen atoms in total. The zero-order valence-corrected chi connectivity index (χ0v) is 12.9. The minimum atomic E-state index is -3.64. The van der Waals surface area contributed by atoms with Crippen LogP contribution >= 0.6 is 11.6 Å². The molecule has 0 unspecified atom stereocenters. The summed E-state index contributed by atoms with van der Waals surface area (Å²) in [5.41, 5.74) is -0.247.